The Kier molecular flexibility index (Phi) is 9.43. The van der Waals surface area contributed by atoms with Gasteiger partial charge in [0.15, 0.2) is 5.60 Å². The summed E-state index contributed by atoms with van der Waals surface area (Å²) in [6.45, 7) is 11.0. The van der Waals surface area contributed by atoms with Gasteiger partial charge in [-0.15, -0.1) is 0 Å². The Morgan fingerprint density at radius 3 is 1.88 bits per heavy atom. The zero-order valence-corrected chi connectivity index (χ0v) is 16.9. The molecule has 1 N–H and O–H groups in total. The van der Waals surface area contributed by atoms with Crippen LogP contribution in [0.5, 0.6) is 0 Å². The van der Waals surface area contributed by atoms with Crippen molar-refractivity contribution in [1.82, 2.24) is 0 Å². The van der Waals surface area contributed by atoms with E-state index in [1.54, 1.807) is 20.8 Å². The van der Waals surface area contributed by atoms with Crippen LogP contribution >= 0.6 is 0 Å². The molecular formula is C21H28FeO3. The average molecular weight is 384 g/mol. The number of rotatable bonds is 3. The topological polar surface area (TPSA) is 38.7 Å². The Bertz CT molecular complexity index is 604. The molecule has 0 fully saturated rings. The van der Waals surface area contributed by atoms with Crippen molar-refractivity contribution < 1.29 is 32.0 Å². The van der Waals surface area contributed by atoms with Crippen molar-refractivity contribution >= 4 is 0 Å². The summed E-state index contributed by atoms with van der Waals surface area (Å²) in [5, 5.41) is 10.3. The van der Waals surface area contributed by atoms with Gasteiger partial charge in [0.1, 0.15) is 0 Å². The molecule has 0 aliphatic carbocycles. The Balaban J connectivity index is 0.000000820. The van der Waals surface area contributed by atoms with Gasteiger partial charge in [-0.3, -0.25) is 0 Å². The molecule has 0 bridgehead atoms. The number of hydrogen-bond donors (Lipinski definition) is 1. The van der Waals surface area contributed by atoms with Crippen molar-refractivity contribution in [2.45, 2.75) is 58.3 Å². The van der Waals surface area contributed by atoms with Crippen molar-refractivity contribution in [2.75, 3.05) is 0 Å². The van der Waals surface area contributed by atoms with E-state index in [0.717, 1.165) is 5.56 Å². The fraction of sp³-hybridized carbons (Fsp3) is 0.429. The van der Waals surface area contributed by atoms with Crippen LogP contribution < -0.4 is 0 Å². The summed E-state index contributed by atoms with van der Waals surface area (Å²) in [7, 11) is 0. The third-order valence-electron chi connectivity index (χ3n) is 2.89. The maximum Gasteiger partial charge on any atom is 2.00 e. The molecule has 0 aliphatic heterocycles. The summed E-state index contributed by atoms with van der Waals surface area (Å²) in [6, 6.07) is 17.4. The normalized spacial score (nSPS) is 13.4. The van der Waals surface area contributed by atoms with Crippen LogP contribution in [-0.4, -0.2) is 16.3 Å². The standard InChI is InChI=1S/C16H23O3.C5H5.Fe/c1-14(2,3)18-19-15(4,5)11-12-16(6,17)13-9-7-8-10-13;1-2-4-5-3-1;/h7-10,17H,1-6H3;1-5H;/q2*-1;+2. The van der Waals surface area contributed by atoms with E-state index in [2.05, 4.69) is 11.8 Å². The second-order valence-corrected chi connectivity index (χ2v) is 7.25. The van der Waals surface area contributed by atoms with Gasteiger partial charge in [0.05, 0.1) is 11.2 Å². The molecule has 4 heteroatoms. The maximum atomic E-state index is 10.3. The quantitative estimate of drug-likeness (QED) is 0.278. The number of hydrogen-bond acceptors (Lipinski definition) is 3. The molecular weight excluding hydrogens is 356 g/mol. The Morgan fingerprint density at radius 1 is 0.880 bits per heavy atom. The van der Waals surface area contributed by atoms with E-state index in [9.17, 15) is 5.11 Å². The molecule has 1 unspecified atom stereocenters. The van der Waals surface area contributed by atoms with Crippen molar-refractivity contribution in [3.05, 3.63) is 60.2 Å². The minimum Gasteiger partial charge on any atom is -0.386 e. The molecule has 3 nitrogen and oxygen atoms in total. The third kappa shape index (κ3) is 10.3. The zero-order valence-electron chi connectivity index (χ0n) is 15.8. The molecule has 0 saturated carbocycles. The number of aliphatic hydroxyl groups is 1. The largest absolute Gasteiger partial charge is 2.00 e. The van der Waals surface area contributed by atoms with Gasteiger partial charge in [0.25, 0.3) is 0 Å². The molecule has 2 aromatic rings. The van der Waals surface area contributed by atoms with Gasteiger partial charge in [-0.2, -0.15) is 42.0 Å². The van der Waals surface area contributed by atoms with E-state index in [0.29, 0.717) is 0 Å². The molecule has 2 aromatic carbocycles. The van der Waals surface area contributed by atoms with Gasteiger partial charge >= 0.3 is 17.1 Å². The van der Waals surface area contributed by atoms with Crippen LogP contribution in [-0.2, 0) is 32.4 Å². The van der Waals surface area contributed by atoms with E-state index in [1.165, 1.54) is 0 Å². The third-order valence-corrected chi connectivity index (χ3v) is 2.89. The summed E-state index contributed by atoms with van der Waals surface area (Å²) >= 11 is 0. The summed E-state index contributed by atoms with van der Waals surface area (Å²) in [4.78, 5) is 10.6. The summed E-state index contributed by atoms with van der Waals surface area (Å²) in [6.07, 6.45) is 0. The minimum absolute atomic E-state index is 0. The second kappa shape index (κ2) is 9.97. The van der Waals surface area contributed by atoms with Crippen LogP contribution in [0.4, 0.5) is 0 Å². The first-order valence-corrected chi connectivity index (χ1v) is 8.04. The summed E-state index contributed by atoms with van der Waals surface area (Å²) in [5.74, 6) is 5.75. The van der Waals surface area contributed by atoms with Crippen LogP contribution in [0, 0.1) is 11.8 Å². The van der Waals surface area contributed by atoms with Crippen molar-refractivity contribution in [3.8, 4) is 11.8 Å². The summed E-state index contributed by atoms with van der Waals surface area (Å²) < 4.78 is 0. The fourth-order valence-electron chi connectivity index (χ4n) is 1.61. The molecule has 0 aliphatic rings. The molecule has 25 heavy (non-hydrogen) atoms. The molecule has 0 amide bonds. The molecule has 0 spiro atoms. The van der Waals surface area contributed by atoms with Gasteiger partial charge in [-0.05, 0) is 41.5 Å². The van der Waals surface area contributed by atoms with Gasteiger partial charge in [0.2, 0.25) is 0 Å². The molecule has 0 aromatic heterocycles. The maximum absolute atomic E-state index is 10.3. The molecule has 0 saturated heterocycles. The van der Waals surface area contributed by atoms with E-state index in [1.807, 2.05) is 75.4 Å². The SMILES string of the molecule is CC(C)(C)OOC(C)(C)C#CC(C)(O)c1cc[cH-]c1.[Fe+2].c1cc[cH-]c1. The fourth-order valence-corrected chi connectivity index (χ4v) is 1.61. The van der Waals surface area contributed by atoms with E-state index in [4.69, 9.17) is 9.78 Å². The predicted octanol–water partition coefficient (Wildman–Crippen LogP) is 4.54. The summed E-state index contributed by atoms with van der Waals surface area (Å²) in [5.41, 5.74) is -1.60. The van der Waals surface area contributed by atoms with Crippen molar-refractivity contribution in [1.29, 1.82) is 0 Å². The van der Waals surface area contributed by atoms with Crippen molar-refractivity contribution in [3.63, 3.8) is 0 Å². The smallest absolute Gasteiger partial charge is 0.386 e. The predicted molar refractivity (Wildman–Crippen MR) is 97.4 cm³/mol. The Labute approximate surface area is 162 Å². The molecule has 0 radical (unpaired) electrons. The molecule has 138 valence electrons. The van der Waals surface area contributed by atoms with Gasteiger partial charge < -0.3 is 5.11 Å². The molecule has 1 atom stereocenters. The Hall–Kier alpha value is -1.34. The van der Waals surface area contributed by atoms with Gasteiger partial charge in [0, 0.05) is 0 Å². The van der Waals surface area contributed by atoms with E-state index < -0.39 is 16.8 Å². The Morgan fingerprint density at radius 2 is 1.48 bits per heavy atom. The van der Waals surface area contributed by atoms with Crippen molar-refractivity contribution in [2.24, 2.45) is 0 Å². The van der Waals surface area contributed by atoms with E-state index >= 15 is 0 Å². The van der Waals surface area contributed by atoms with Crippen LogP contribution in [0.1, 0.15) is 47.1 Å². The van der Waals surface area contributed by atoms with Crippen LogP contribution in [0.3, 0.4) is 0 Å². The molecule has 2 rings (SSSR count). The first kappa shape index (κ1) is 23.7. The average Bonchev–Trinajstić information content (AvgIpc) is 3.17. The minimum atomic E-state index is -1.19. The zero-order chi connectivity index (χ0) is 18.3. The molecule has 0 heterocycles. The van der Waals surface area contributed by atoms with Gasteiger partial charge in [-0.25, -0.2) is 28.0 Å². The first-order chi connectivity index (χ1) is 11.0. The monoisotopic (exact) mass is 384 g/mol. The second-order valence-electron chi connectivity index (χ2n) is 7.25. The van der Waals surface area contributed by atoms with Crippen LogP contribution in [0.25, 0.3) is 0 Å². The first-order valence-electron chi connectivity index (χ1n) is 8.04. The van der Waals surface area contributed by atoms with E-state index in [-0.39, 0.29) is 17.1 Å². The van der Waals surface area contributed by atoms with Gasteiger partial charge in [-0.1, -0.05) is 11.8 Å². The van der Waals surface area contributed by atoms with Crippen LogP contribution in [0.2, 0.25) is 0 Å². The van der Waals surface area contributed by atoms with Crippen LogP contribution in [0.15, 0.2) is 54.6 Å².